The Kier molecular flexibility index (Phi) is 9.26. The normalized spacial score (nSPS) is 13.2. The van der Waals surface area contributed by atoms with E-state index in [1.807, 2.05) is 20.8 Å². The molecule has 0 aliphatic rings. The Labute approximate surface area is 122 Å². The monoisotopic (exact) mass is 286 g/mol. The minimum absolute atomic E-state index is 0.464. The van der Waals surface area contributed by atoms with Crippen LogP contribution in [0.25, 0.3) is 0 Å². The number of hydrogen-bond donors (Lipinski definition) is 2. The molecule has 0 rings (SSSR count). The van der Waals surface area contributed by atoms with E-state index < -0.39 is 23.3 Å². The lowest BCUT2D eigenvalue weighted by Crippen LogP contribution is -2.43. The first-order valence-corrected chi connectivity index (χ1v) is 7.92. The van der Waals surface area contributed by atoms with Crippen molar-refractivity contribution in [2.45, 2.75) is 78.6 Å². The molecule has 0 aromatic rings. The zero-order valence-electron chi connectivity index (χ0n) is 13.2. The van der Waals surface area contributed by atoms with E-state index in [-0.39, 0.29) is 0 Å². The Balaban J connectivity index is 5.35. The van der Waals surface area contributed by atoms with Gasteiger partial charge in [-0.05, 0) is 19.3 Å². The number of carbonyl (C=O) groups is 2. The van der Waals surface area contributed by atoms with Crippen molar-refractivity contribution in [1.29, 1.82) is 0 Å². The van der Waals surface area contributed by atoms with Gasteiger partial charge in [-0.1, -0.05) is 59.3 Å². The van der Waals surface area contributed by atoms with Crippen LogP contribution in [0.15, 0.2) is 0 Å². The molecular formula is C16H30O4. The fourth-order valence-corrected chi connectivity index (χ4v) is 2.87. The number of carboxylic acid groups (broad SMARTS) is 2. The van der Waals surface area contributed by atoms with Crippen molar-refractivity contribution >= 4 is 11.9 Å². The van der Waals surface area contributed by atoms with Gasteiger partial charge in [0.25, 0.3) is 0 Å². The Morgan fingerprint density at radius 2 is 1.35 bits per heavy atom. The largest absolute Gasteiger partial charge is 0.481 e. The molecule has 2 N–H and O–H groups in total. The molecule has 0 spiro atoms. The summed E-state index contributed by atoms with van der Waals surface area (Å²) in [7, 11) is 0. The molecule has 0 heterocycles. The van der Waals surface area contributed by atoms with Crippen LogP contribution in [0.1, 0.15) is 78.6 Å². The molecule has 0 radical (unpaired) electrons. The molecule has 118 valence electrons. The second kappa shape index (κ2) is 9.78. The Morgan fingerprint density at radius 1 is 0.900 bits per heavy atom. The maximum absolute atomic E-state index is 11.9. The zero-order valence-corrected chi connectivity index (χ0v) is 13.2. The van der Waals surface area contributed by atoms with Gasteiger partial charge < -0.3 is 10.2 Å². The number of aliphatic carboxylic acids is 2. The van der Waals surface area contributed by atoms with E-state index in [0.717, 1.165) is 38.5 Å². The minimum Gasteiger partial charge on any atom is -0.481 e. The zero-order chi connectivity index (χ0) is 15.6. The van der Waals surface area contributed by atoms with E-state index in [1.165, 1.54) is 0 Å². The Hall–Kier alpha value is -1.06. The fourth-order valence-electron chi connectivity index (χ4n) is 2.87. The van der Waals surface area contributed by atoms with Gasteiger partial charge in [-0.25, -0.2) is 0 Å². The summed E-state index contributed by atoms with van der Waals surface area (Å²) in [5.41, 5.74) is -1.09. The van der Waals surface area contributed by atoms with Gasteiger partial charge in [0.05, 0.1) is 11.3 Å². The maximum Gasteiger partial charge on any atom is 0.310 e. The number of carboxylic acids is 2. The van der Waals surface area contributed by atoms with Crippen molar-refractivity contribution in [3.05, 3.63) is 0 Å². The van der Waals surface area contributed by atoms with Crippen molar-refractivity contribution in [2.75, 3.05) is 0 Å². The fraction of sp³-hybridized carbons (Fsp3) is 0.875. The van der Waals surface area contributed by atoms with E-state index in [1.54, 1.807) is 0 Å². The van der Waals surface area contributed by atoms with Crippen LogP contribution in [0.5, 0.6) is 0 Å². The van der Waals surface area contributed by atoms with E-state index >= 15 is 0 Å². The van der Waals surface area contributed by atoms with Gasteiger partial charge in [0, 0.05) is 0 Å². The van der Waals surface area contributed by atoms with Crippen LogP contribution in [-0.4, -0.2) is 22.2 Å². The van der Waals surface area contributed by atoms with Crippen LogP contribution in [0, 0.1) is 11.3 Å². The third-order valence-corrected chi connectivity index (χ3v) is 4.19. The van der Waals surface area contributed by atoms with Crippen LogP contribution >= 0.6 is 0 Å². The van der Waals surface area contributed by atoms with Gasteiger partial charge in [-0.2, -0.15) is 0 Å². The summed E-state index contributed by atoms with van der Waals surface area (Å²) in [6.45, 7) is 6.02. The van der Waals surface area contributed by atoms with Crippen molar-refractivity contribution < 1.29 is 19.8 Å². The molecule has 0 fully saturated rings. The number of rotatable bonds is 12. The third-order valence-electron chi connectivity index (χ3n) is 4.19. The van der Waals surface area contributed by atoms with E-state index in [4.69, 9.17) is 0 Å². The lowest BCUT2D eigenvalue weighted by atomic mass is 9.67. The van der Waals surface area contributed by atoms with Gasteiger partial charge in [0.1, 0.15) is 0 Å². The molecule has 20 heavy (non-hydrogen) atoms. The van der Waals surface area contributed by atoms with Gasteiger partial charge >= 0.3 is 11.9 Å². The first-order valence-electron chi connectivity index (χ1n) is 7.92. The summed E-state index contributed by atoms with van der Waals surface area (Å²) in [5.74, 6) is -2.64. The van der Waals surface area contributed by atoms with Gasteiger partial charge in [-0.15, -0.1) is 0 Å². The average Bonchev–Trinajstić information content (AvgIpc) is 2.40. The topological polar surface area (TPSA) is 74.6 Å². The summed E-state index contributed by atoms with van der Waals surface area (Å²) >= 11 is 0. The third kappa shape index (κ3) is 5.14. The number of hydrogen-bond acceptors (Lipinski definition) is 2. The van der Waals surface area contributed by atoms with Crippen LogP contribution in [0.3, 0.4) is 0 Å². The molecule has 4 nitrogen and oxygen atoms in total. The van der Waals surface area contributed by atoms with E-state index in [2.05, 4.69) is 0 Å². The standard InChI is InChI=1S/C16H30O4/c1-4-7-10-13(14(17)18)16(15(19)20,11-8-5-2)12-9-6-3/h13H,4-12H2,1-3H3,(H,17,18)(H,19,20). The van der Waals surface area contributed by atoms with Crippen LogP contribution in [0.2, 0.25) is 0 Å². The highest BCUT2D eigenvalue weighted by Gasteiger charge is 2.47. The van der Waals surface area contributed by atoms with Crippen molar-refractivity contribution in [3.63, 3.8) is 0 Å². The summed E-state index contributed by atoms with van der Waals surface area (Å²) in [4.78, 5) is 23.5. The van der Waals surface area contributed by atoms with Crippen LogP contribution < -0.4 is 0 Å². The van der Waals surface area contributed by atoms with E-state index in [0.29, 0.717) is 19.3 Å². The molecule has 0 aromatic heterocycles. The molecule has 1 unspecified atom stereocenters. The minimum atomic E-state index is -1.09. The molecule has 0 aliphatic heterocycles. The Bertz CT molecular complexity index is 291. The molecular weight excluding hydrogens is 256 g/mol. The lowest BCUT2D eigenvalue weighted by Gasteiger charge is -2.35. The SMILES string of the molecule is CCCCC(C(=O)O)C(CCCC)(CCCC)C(=O)O. The van der Waals surface area contributed by atoms with Gasteiger partial charge in [-0.3, -0.25) is 9.59 Å². The summed E-state index contributed by atoms with van der Waals surface area (Å²) in [6, 6.07) is 0. The number of unbranched alkanes of at least 4 members (excludes halogenated alkanes) is 3. The molecule has 0 saturated heterocycles. The predicted molar refractivity (Wildman–Crippen MR) is 79.8 cm³/mol. The maximum atomic E-state index is 11.9. The highest BCUT2D eigenvalue weighted by atomic mass is 16.4. The molecule has 0 aliphatic carbocycles. The molecule has 0 saturated carbocycles. The molecule has 0 amide bonds. The van der Waals surface area contributed by atoms with Gasteiger partial charge in [0.2, 0.25) is 0 Å². The Morgan fingerprint density at radius 3 is 1.65 bits per heavy atom. The first kappa shape index (κ1) is 18.9. The second-order valence-electron chi connectivity index (χ2n) is 5.70. The van der Waals surface area contributed by atoms with Crippen molar-refractivity contribution in [3.8, 4) is 0 Å². The van der Waals surface area contributed by atoms with Crippen LogP contribution in [0.4, 0.5) is 0 Å². The van der Waals surface area contributed by atoms with Crippen LogP contribution in [-0.2, 0) is 9.59 Å². The molecule has 0 bridgehead atoms. The quantitative estimate of drug-likeness (QED) is 0.560. The summed E-state index contributed by atoms with van der Waals surface area (Å²) in [5, 5.41) is 19.3. The summed E-state index contributed by atoms with van der Waals surface area (Å²) < 4.78 is 0. The van der Waals surface area contributed by atoms with Gasteiger partial charge in [0.15, 0.2) is 0 Å². The van der Waals surface area contributed by atoms with Crippen molar-refractivity contribution in [1.82, 2.24) is 0 Å². The van der Waals surface area contributed by atoms with Crippen molar-refractivity contribution in [2.24, 2.45) is 11.3 Å². The predicted octanol–water partition coefficient (Wildman–Crippen LogP) is 4.33. The van der Waals surface area contributed by atoms with E-state index in [9.17, 15) is 19.8 Å². The lowest BCUT2D eigenvalue weighted by molar-refractivity contribution is -0.165. The average molecular weight is 286 g/mol. The molecule has 4 heteroatoms. The molecule has 1 atom stereocenters. The molecule has 0 aromatic carbocycles. The summed E-state index contributed by atoms with van der Waals surface area (Å²) in [6.07, 6.45) is 6.39. The first-order chi connectivity index (χ1) is 9.46. The second-order valence-corrected chi connectivity index (χ2v) is 5.70. The smallest absolute Gasteiger partial charge is 0.310 e. The highest BCUT2D eigenvalue weighted by Crippen LogP contribution is 2.42. The highest BCUT2D eigenvalue weighted by molar-refractivity contribution is 5.83.